The van der Waals surface area contributed by atoms with Crippen molar-refractivity contribution < 1.29 is 15.0 Å². The predicted molar refractivity (Wildman–Crippen MR) is 147 cm³/mol. The lowest BCUT2D eigenvalue weighted by atomic mass is 10.00. The van der Waals surface area contributed by atoms with Crippen molar-refractivity contribution in [2.24, 2.45) is 0 Å². The Labute approximate surface area is 205 Å². The maximum atomic E-state index is 10.0. The summed E-state index contributed by atoms with van der Waals surface area (Å²) in [6.07, 6.45) is 18.3. The fourth-order valence-electron chi connectivity index (χ4n) is 2.39. The summed E-state index contributed by atoms with van der Waals surface area (Å²) in [5.41, 5.74) is 5.71. The molecule has 0 rings (SSSR count). The number of allylic oxidation sites excluding steroid dienone is 9. The molecule has 0 aliphatic heterocycles. The van der Waals surface area contributed by atoms with Crippen LogP contribution in [0.4, 0.5) is 0 Å². The van der Waals surface area contributed by atoms with Gasteiger partial charge in [-0.1, -0.05) is 58.2 Å². The summed E-state index contributed by atoms with van der Waals surface area (Å²) in [7, 11) is 0. The van der Waals surface area contributed by atoms with E-state index in [-0.39, 0.29) is 6.61 Å². The van der Waals surface area contributed by atoms with Crippen molar-refractivity contribution >= 4 is 6.29 Å². The smallest absolute Gasteiger partial charge is 0.142 e. The maximum Gasteiger partial charge on any atom is 0.142 e. The predicted octanol–water partition coefficient (Wildman–Crippen LogP) is 8.22. The third-order valence-electron chi connectivity index (χ3n) is 4.62. The van der Waals surface area contributed by atoms with E-state index < -0.39 is 5.60 Å². The van der Waals surface area contributed by atoms with Gasteiger partial charge < -0.3 is 10.2 Å². The Balaban J connectivity index is -0.000000409. The van der Waals surface area contributed by atoms with E-state index in [1.165, 1.54) is 22.3 Å². The lowest BCUT2D eigenvalue weighted by Gasteiger charge is -2.16. The van der Waals surface area contributed by atoms with Gasteiger partial charge in [0.2, 0.25) is 0 Å². The van der Waals surface area contributed by atoms with Gasteiger partial charge in [-0.05, 0) is 107 Å². The monoisotopic (exact) mass is 460 g/mol. The molecule has 0 saturated carbocycles. The second-order valence-electron chi connectivity index (χ2n) is 9.40. The fraction of sp³-hybridized carbons (Fsp3) is 0.567. The molecule has 1 unspecified atom stereocenters. The Morgan fingerprint density at radius 1 is 0.758 bits per heavy atom. The molecule has 0 radical (unpaired) electrons. The van der Waals surface area contributed by atoms with Crippen molar-refractivity contribution in [1.29, 1.82) is 0 Å². The van der Waals surface area contributed by atoms with Gasteiger partial charge >= 0.3 is 0 Å². The second-order valence-corrected chi connectivity index (χ2v) is 9.40. The molecule has 0 aliphatic rings. The van der Waals surface area contributed by atoms with Crippen molar-refractivity contribution in [3.63, 3.8) is 0 Å². The van der Waals surface area contributed by atoms with Crippen LogP contribution < -0.4 is 0 Å². The molecule has 0 amide bonds. The quantitative estimate of drug-likeness (QED) is 0.175. The number of carbonyl (C=O) groups is 1. The third kappa shape index (κ3) is 34.8. The molecule has 190 valence electrons. The zero-order valence-electron chi connectivity index (χ0n) is 23.0. The topological polar surface area (TPSA) is 57.5 Å². The van der Waals surface area contributed by atoms with Crippen LogP contribution in [0.2, 0.25) is 0 Å². The van der Waals surface area contributed by atoms with E-state index in [1.807, 2.05) is 13.0 Å². The van der Waals surface area contributed by atoms with E-state index in [4.69, 9.17) is 5.11 Å². The van der Waals surface area contributed by atoms with Crippen LogP contribution in [-0.4, -0.2) is 28.7 Å². The first-order valence-corrected chi connectivity index (χ1v) is 11.9. The van der Waals surface area contributed by atoms with Crippen molar-refractivity contribution in [3.8, 4) is 0 Å². The number of aliphatic hydroxyl groups is 2. The van der Waals surface area contributed by atoms with Gasteiger partial charge in [0.15, 0.2) is 0 Å². The van der Waals surface area contributed by atoms with E-state index in [0.717, 1.165) is 50.4 Å². The van der Waals surface area contributed by atoms with Crippen molar-refractivity contribution in [2.45, 2.75) is 106 Å². The second kappa shape index (κ2) is 23.2. The summed E-state index contributed by atoms with van der Waals surface area (Å²) < 4.78 is 0. The highest BCUT2D eigenvalue weighted by atomic mass is 16.3. The highest BCUT2D eigenvalue weighted by Gasteiger charge is 2.12. The molecule has 2 N–H and O–H groups in total. The minimum absolute atomic E-state index is 0.167. The Kier molecular flexibility index (Phi) is 25.0. The molecule has 3 nitrogen and oxygen atoms in total. The summed E-state index contributed by atoms with van der Waals surface area (Å²) in [5, 5.41) is 18.0. The zero-order chi connectivity index (χ0) is 26.3. The van der Waals surface area contributed by atoms with Gasteiger partial charge in [-0.3, -0.25) is 4.79 Å². The Bertz CT molecular complexity index is 659. The summed E-state index contributed by atoms with van der Waals surface area (Å²) in [4.78, 5) is 10.0. The molecular weight excluding hydrogens is 408 g/mol. The molecule has 0 aromatic rings. The molecule has 1 atom stereocenters. The normalized spacial score (nSPS) is 12.6. The van der Waals surface area contributed by atoms with Crippen LogP contribution in [0.1, 0.15) is 101 Å². The Hall–Kier alpha value is -1.97. The largest absolute Gasteiger partial charge is 0.392 e. The van der Waals surface area contributed by atoms with Gasteiger partial charge in [0, 0.05) is 0 Å². The highest BCUT2D eigenvalue weighted by Crippen LogP contribution is 2.13. The van der Waals surface area contributed by atoms with Gasteiger partial charge in [-0.15, -0.1) is 6.58 Å². The van der Waals surface area contributed by atoms with Crippen LogP contribution in [0.5, 0.6) is 0 Å². The number of hydrogen-bond acceptors (Lipinski definition) is 3. The zero-order valence-corrected chi connectivity index (χ0v) is 23.0. The minimum Gasteiger partial charge on any atom is -0.392 e. The van der Waals surface area contributed by atoms with E-state index in [0.29, 0.717) is 0 Å². The summed E-state index contributed by atoms with van der Waals surface area (Å²) >= 11 is 0. The van der Waals surface area contributed by atoms with Crippen LogP contribution in [0.25, 0.3) is 0 Å². The first-order valence-electron chi connectivity index (χ1n) is 11.9. The molecule has 33 heavy (non-hydrogen) atoms. The fourth-order valence-corrected chi connectivity index (χ4v) is 2.39. The number of aldehydes is 1. The summed E-state index contributed by atoms with van der Waals surface area (Å²) in [5.74, 6) is 0. The minimum atomic E-state index is -0.702. The van der Waals surface area contributed by atoms with E-state index in [1.54, 1.807) is 19.1 Å². The lowest BCUT2D eigenvalue weighted by molar-refractivity contribution is -0.104. The molecule has 0 bridgehead atoms. The van der Waals surface area contributed by atoms with Crippen LogP contribution >= 0.6 is 0 Å². The molecular formula is C30H52O3. The molecule has 0 fully saturated rings. The van der Waals surface area contributed by atoms with Crippen molar-refractivity contribution in [1.82, 2.24) is 0 Å². The van der Waals surface area contributed by atoms with Gasteiger partial charge in [0.05, 0.1) is 12.2 Å². The number of hydrogen-bond donors (Lipinski definition) is 2. The molecule has 0 heterocycles. The Morgan fingerprint density at radius 3 is 1.55 bits per heavy atom. The summed E-state index contributed by atoms with van der Waals surface area (Å²) in [6.45, 7) is 22.0. The summed E-state index contributed by atoms with van der Waals surface area (Å²) in [6, 6.07) is 0. The molecule has 3 heteroatoms. The number of aliphatic hydroxyl groups excluding tert-OH is 1. The van der Waals surface area contributed by atoms with Gasteiger partial charge in [-0.25, -0.2) is 0 Å². The van der Waals surface area contributed by atoms with E-state index >= 15 is 0 Å². The first kappa shape index (κ1) is 35.6. The van der Waals surface area contributed by atoms with Gasteiger partial charge in [0.1, 0.15) is 6.29 Å². The van der Waals surface area contributed by atoms with Gasteiger partial charge in [0.25, 0.3) is 0 Å². The van der Waals surface area contributed by atoms with Crippen molar-refractivity contribution in [3.05, 3.63) is 70.9 Å². The van der Waals surface area contributed by atoms with Crippen LogP contribution in [0.15, 0.2) is 70.9 Å². The van der Waals surface area contributed by atoms with Crippen LogP contribution in [-0.2, 0) is 4.79 Å². The first-order chi connectivity index (χ1) is 15.3. The standard InChI is InChI=1S/C10H18O.C10H16O.C10H18O/c2*1-9(2)5-4-6-10(3)7-8-11;1-5-10(4,11)8-6-7-9(2)3/h5,7,11H,4,6,8H2,1-3H3;5,7-8H,4,6H2,1-3H3;5,7,11H,1,6,8H2,2-4H3/b2*10-7+;. The third-order valence-corrected chi connectivity index (χ3v) is 4.62. The molecule has 0 aromatic carbocycles. The maximum absolute atomic E-state index is 10.0. The molecule has 0 aromatic heterocycles. The Morgan fingerprint density at radius 2 is 1.18 bits per heavy atom. The molecule has 0 aliphatic carbocycles. The number of carbonyl (C=O) groups excluding carboxylic acids is 1. The average molecular weight is 461 g/mol. The van der Waals surface area contributed by atoms with Crippen molar-refractivity contribution in [2.75, 3.05) is 6.61 Å². The number of rotatable bonds is 12. The lowest BCUT2D eigenvalue weighted by Crippen LogP contribution is -2.19. The highest BCUT2D eigenvalue weighted by molar-refractivity contribution is 5.65. The SMILES string of the molecule is C=CC(C)(O)CCC=C(C)C.CC(C)=CCC/C(C)=C/C=O.CC(C)=CCC/C(C)=C/CO. The van der Waals surface area contributed by atoms with Crippen LogP contribution in [0.3, 0.4) is 0 Å². The van der Waals surface area contributed by atoms with Gasteiger partial charge in [-0.2, -0.15) is 0 Å². The van der Waals surface area contributed by atoms with E-state index in [9.17, 15) is 9.90 Å². The average Bonchev–Trinajstić information content (AvgIpc) is 2.68. The van der Waals surface area contributed by atoms with Crippen LogP contribution in [0, 0.1) is 0 Å². The molecule has 0 saturated heterocycles. The molecule has 0 spiro atoms. The van der Waals surface area contributed by atoms with E-state index in [2.05, 4.69) is 73.3 Å².